The molecule has 1 saturated heterocycles. The monoisotopic (exact) mass is 307 g/mol. The van der Waals surface area contributed by atoms with E-state index >= 15 is 0 Å². The minimum absolute atomic E-state index is 0.135. The molecule has 0 aromatic carbocycles. The number of pyridine rings is 1. The van der Waals surface area contributed by atoms with E-state index in [0.717, 1.165) is 30.9 Å². The Balaban J connectivity index is 1.84. The fraction of sp³-hybridized carbons (Fsp3) is 0.533. The smallest absolute Gasteiger partial charge is 0.151 e. The van der Waals surface area contributed by atoms with Crippen molar-refractivity contribution >= 4 is 15.5 Å². The molecule has 1 fully saturated rings. The molecule has 0 spiro atoms. The molecule has 1 aliphatic rings. The van der Waals surface area contributed by atoms with Crippen LogP contribution in [0.2, 0.25) is 0 Å². The van der Waals surface area contributed by atoms with Crippen LogP contribution in [0.1, 0.15) is 24.6 Å². The van der Waals surface area contributed by atoms with Crippen LogP contribution in [0.3, 0.4) is 0 Å². The van der Waals surface area contributed by atoms with Crippen molar-refractivity contribution in [2.24, 2.45) is 0 Å². The van der Waals surface area contributed by atoms with E-state index in [4.69, 9.17) is 0 Å². The highest BCUT2D eigenvalue weighted by Crippen LogP contribution is 2.20. The summed E-state index contributed by atoms with van der Waals surface area (Å²) in [6.07, 6.45) is 4.71. The molecule has 2 aromatic rings. The fourth-order valence-corrected chi connectivity index (χ4v) is 4.79. The Bertz CT molecular complexity index is 751. The maximum atomic E-state index is 11.7. The molecular weight excluding hydrogens is 286 g/mol. The van der Waals surface area contributed by atoms with Gasteiger partial charge in [-0.15, -0.1) is 0 Å². The second-order valence-corrected chi connectivity index (χ2v) is 8.03. The van der Waals surface area contributed by atoms with Crippen molar-refractivity contribution in [1.29, 1.82) is 0 Å². The highest BCUT2D eigenvalue weighted by molar-refractivity contribution is 7.91. The first kappa shape index (κ1) is 14.5. The first-order valence-corrected chi connectivity index (χ1v) is 9.18. The molecule has 3 heterocycles. The summed E-state index contributed by atoms with van der Waals surface area (Å²) in [7, 11) is -2.84. The first-order valence-electron chi connectivity index (χ1n) is 7.35. The predicted octanol–water partition coefficient (Wildman–Crippen LogP) is 1.65. The lowest BCUT2D eigenvalue weighted by Gasteiger charge is -2.26. The van der Waals surface area contributed by atoms with Gasteiger partial charge < -0.3 is 4.40 Å². The molecule has 0 radical (unpaired) electrons. The molecule has 3 rings (SSSR count). The molecule has 1 aliphatic heterocycles. The normalized spacial score (nSPS) is 21.4. The van der Waals surface area contributed by atoms with Gasteiger partial charge >= 0.3 is 0 Å². The van der Waals surface area contributed by atoms with Crippen molar-refractivity contribution in [3.63, 3.8) is 0 Å². The largest absolute Gasteiger partial charge is 0.303 e. The van der Waals surface area contributed by atoms with Crippen LogP contribution in [0.5, 0.6) is 0 Å². The first-order chi connectivity index (χ1) is 9.98. The predicted molar refractivity (Wildman–Crippen MR) is 83.1 cm³/mol. The lowest BCUT2D eigenvalue weighted by atomic mass is 10.2. The third kappa shape index (κ3) is 2.96. The number of nitrogens with zero attached hydrogens (tertiary/aromatic N) is 3. The van der Waals surface area contributed by atoms with Crippen LogP contribution in [0.4, 0.5) is 0 Å². The number of hydrogen-bond donors (Lipinski definition) is 0. The SMILES string of the molecule is CCN(Cc1cnc2ccc(C)cn12)C1CCS(=O)(=O)C1. The van der Waals surface area contributed by atoms with Crippen molar-refractivity contribution in [1.82, 2.24) is 14.3 Å². The van der Waals surface area contributed by atoms with Crippen molar-refractivity contribution in [3.8, 4) is 0 Å². The number of fused-ring (bicyclic) bond motifs is 1. The Morgan fingerprint density at radius 3 is 2.90 bits per heavy atom. The Hall–Kier alpha value is -1.40. The maximum Gasteiger partial charge on any atom is 0.151 e. The minimum atomic E-state index is -2.84. The quantitative estimate of drug-likeness (QED) is 0.862. The van der Waals surface area contributed by atoms with E-state index < -0.39 is 9.84 Å². The standard InChI is InChI=1S/C15H21N3O2S/c1-3-17(13-6-7-21(19,20)11-13)10-14-8-16-15-5-4-12(2)9-18(14)15/h4-5,8-9,13H,3,6-7,10-11H2,1-2H3. The van der Waals surface area contributed by atoms with Gasteiger partial charge in [0.05, 0.1) is 23.4 Å². The Kier molecular flexibility index (Phi) is 3.75. The zero-order chi connectivity index (χ0) is 15.0. The summed E-state index contributed by atoms with van der Waals surface area (Å²) in [6.45, 7) is 5.73. The number of sulfone groups is 1. The zero-order valence-electron chi connectivity index (χ0n) is 12.5. The highest BCUT2D eigenvalue weighted by atomic mass is 32.2. The number of hydrogen-bond acceptors (Lipinski definition) is 4. The third-order valence-corrected chi connectivity index (χ3v) is 5.98. The van der Waals surface area contributed by atoms with Gasteiger partial charge in [0.1, 0.15) is 5.65 Å². The zero-order valence-corrected chi connectivity index (χ0v) is 13.3. The van der Waals surface area contributed by atoms with E-state index in [-0.39, 0.29) is 11.8 Å². The third-order valence-electron chi connectivity index (χ3n) is 4.23. The van der Waals surface area contributed by atoms with Gasteiger partial charge in [-0.25, -0.2) is 13.4 Å². The average molecular weight is 307 g/mol. The molecule has 0 amide bonds. The molecule has 114 valence electrons. The van der Waals surface area contributed by atoms with Crippen LogP contribution >= 0.6 is 0 Å². The summed E-state index contributed by atoms with van der Waals surface area (Å²) in [4.78, 5) is 6.67. The molecule has 0 N–H and O–H groups in total. The van der Waals surface area contributed by atoms with E-state index in [0.29, 0.717) is 5.75 Å². The fourth-order valence-electron chi connectivity index (χ4n) is 3.02. The second-order valence-electron chi connectivity index (χ2n) is 5.80. The summed E-state index contributed by atoms with van der Waals surface area (Å²) in [5.74, 6) is 0.608. The van der Waals surface area contributed by atoms with Crippen molar-refractivity contribution in [2.75, 3.05) is 18.1 Å². The average Bonchev–Trinajstić information content (AvgIpc) is 2.99. The van der Waals surface area contributed by atoms with Gasteiger partial charge in [-0.05, 0) is 31.5 Å². The number of imidazole rings is 1. The molecule has 1 atom stereocenters. The Labute approximate surface area is 125 Å². The van der Waals surface area contributed by atoms with Crippen LogP contribution in [-0.4, -0.2) is 46.8 Å². The summed E-state index contributed by atoms with van der Waals surface area (Å²) in [6, 6.07) is 4.19. The molecule has 0 aliphatic carbocycles. The van der Waals surface area contributed by atoms with Crippen LogP contribution in [-0.2, 0) is 16.4 Å². The Morgan fingerprint density at radius 2 is 2.24 bits per heavy atom. The van der Waals surface area contributed by atoms with Gasteiger partial charge in [-0.3, -0.25) is 4.90 Å². The molecular formula is C15H21N3O2S. The molecule has 21 heavy (non-hydrogen) atoms. The van der Waals surface area contributed by atoms with E-state index in [1.807, 2.05) is 18.3 Å². The summed E-state index contributed by atoms with van der Waals surface area (Å²) < 4.78 is 25.5. The van der Waals surface area contributed by atoms with Crippen molar-refractivity contribution in [2.45, 2.75) is 32.9 Å². The van der Waals surface area contributed by atoms with Crippen LogP contribution in [0.25, 0.3) is 5.65 Å². The highest BCUT2D eigenvalue weighted by Gasteiger charge is 2.31. The second kappa shape index (κ2) is 5.42. The van der Waals surface area contributed by atoms with Gasteiger partial charge in [0, 0.05) is 18.8 Å². The lowest BCUT2D eigenvalue weighted by Crippen LogP contribution is -2.35. The van der Waals surface area contributed by atoms with Gasteiger partial charge in [-0.1, -0.05) is 13.0 Å². The van der Waals surface area contributed by atoms with E-state index in [2.05, 4.69) is 34.3 Å². The van der Waals surface area contributed by atoms with Gasteiger partial charge in [0.15, 0.2) is 9.84 Å². The molecule has 6 heteroatoms. The van der Waals surface area contributed by atoms with Crippen molar-refractivity contribution in [3.05, 3.63) is 35.8 Å². The van der Waals surface area contributed by atoms with Crippen LogP contribution in [0.15, 0.2) is 24.5 Å². The summed E-state index contributed by atoms with van der Waals surface area (Å²) in [5.41, 5.74) is 3.23. The number of rotatable bonds is 4. The topological polar surface area (TPSA) is 54.7 Å². The van der Waals surface area contributed by atoms with E-state index in [1.165, 1.54) is 5.56 Å². The number of aryl methyl sites for hydroxylation is 1. The van der Waals surface area contributed by atoms with E-state index in [1.54, 1.807) is 0 Å². The van der Waals surface area contributed by atoms with Crippen LogP contribution in [0, 0.1) is 6.92 Å². The molecule has 1 unspecified atom stereocenters. The molecule has 0 saturated carbocycles. The van der Waals surface area contributed by atoms with Gasteiger partial charge in [0.25, 0.3) is 0 Å². The van der Waals surface area contributed by atoms with E-state index in [9.17, 15) is 8.42 Å². The minimum Gasteiger partial charge on any atom is -0.303 e. The Morgan fingerprint density at radius 1 is 1.43 bits per heavy atom. The molecule has 5 nitrogen and oxygen atoms in total. The number of aromatic nitrogens is 2. The summed E-state index contributed by atoms with van der Waals surface area (Å²) in [5, 5.41) is 0. The summed E-state index contributed by atoms with van der Waals surface area (Å²) >= 11 is 0. The van der Waals surface area contributed by atoms with Gasteiger partial charge in [0.2, 0.25) is 0 Å². The lowest BCUT2D eigenvalue weighted by molar-refractivity contribution is 0.212. The molecule has 0 bridgehead atoms. The van der Waals surface area contributed by atoms with Crippen molar-refractivity contribution < 1.29 is 8.42 Å². The van der Waals surface area contributed by atoms with Crippen LogP contribution < -0.4 is 0 Å². The maximum absolute atomic E-state index is 11.7. The van der Waals surface area contributed by atoms with Gasteiger partial charge in [-0.2, -0.15) is 0 Å². The molecule has 2 aromatic heterocycles.